The van der Waals surface area contributed by atoms with Crippen LogP contribution in [0.25, 0.3) is 0 Å². The highest BCUT2D eigenvalue weighted by Gasteiger charge is 2.28. The highest BCUT2D eigenvalue weighted by atomic mass is 15.1. The summed E-state index contributed by atoms with van der Waals surface area (Å²) >= 11 is 0. The molecular weight excluding hydrogens is 188 g/mol. The highest BCUT2D eigenvalue weighted by Crippen LogP contribution is 2.27. The van der Waals surface area contributed by atoms with Crippen molar-refractivity contribution in [2.24, 2.45) is 0 Å². The summed E-state index contributed by atoms with van der Waals surface area (Å²) in [7, 11) is 0. The number of nitrogens with one attached hydrogen (secondary N) is 2. The van der Waals surface area contributed by atoms with Gasteiger partial charge in [-0.25, -0.2) is 0 Å². The van der Waals surface area contributed by atoms with E-state index < -0.39 is 0 Å². The minimum Gasteiger partial charge on any atom is -0.316 e. The van der Waals surface area contributed by atoms with Gasteiger partial charge in [-0.05, 0) is 13.0 Å². The molecular formula is C11H18N4. The van der Waals surface area contributed by atoms with Gasteiger partial charge in [0.1, 0.15) is 6.07 Å². The van der Waals surface area contributed by atoms with E-state index >= 15 is 0 Å². The summed E-state index contributed by atoms with van der Waals surface area (Å²) in [6.45, 7) is 8.14. The van der Waals surface area contributed by atoms with Crippen molar-refractivity contribution in [2.75, 3.05) is 13.1 Å². The largest absolute Gasteiger partial charge is 0.316 e. The van der Waals surface area contributed by atoms with Gasteiger partial charge in [-0.1, -0.05) is 20.8 Å². The number of likely N-dealkylation sites (N-methyl/N-ethyl adjacent to an activating group) is 1. The maximum atomic E-state index is 8.96. The van der Waals surface area contributed by atoms with E-state index in [1.54, 1.807) is 6.20 Å². The van der Waals surface area contributed by atoms with Crippen molar-refractivity contribution in [3.8, 4) is 6.07 Å². The first-order chi connectivity index (χ1) is 7.18. The molecule has 0 aliphatic rings. The van der Waals surface area contributed by atoms with Crippen molar-refractivity contribution in [2.45, 2.75) is 32.6 Å². The Kier molecular flexibility index (Phi) is 3.87. The second-order valence-electron chi connectivity index (χ2n) is 3.97. The molecule has 0 aliphatic carbocycles. The van der Waals surface area contributed by atoms with Gasteiger partial charge >= 0.3 is 0 Å². The van der Waals surface area contributed by atoms with Crippen LogP contribution in [0.15, 0.2) is 6.20 Å². The van der Waals surface area contributed by atoms with E-state index in [1.165, 1.54) is 0 Å². The van der Waals surface area contributed by atoms with Crippen LogP contribution in [-0.4, -0.2) is 23.3 Å². The van der Waals surface area contributed by atoms with Crippen LogP contribution in [-0.2, 0) is 5.41 Å². The Hall–Kier alpha value is -1.34. The molecule has 0 saturated carbocycles. The molecule has 0 amide bonds. The van der Waals surface area contributed by atoms with Gasteiger partial charge in [0.15, 0.2) is 0 Å². The van der Waals surface area contributed by atoms with E-state index in [4.69, 9.17) is 5.26 Å². The molecule has 15 heavy (non-hydrogen) atoms. The van der Waals surface area contributed by atoms with Gasteiger partial charge in [-0.2, -0.15) is 10.4 Å². The van der Waals surface area contributed by atoms with Gasteiger partial charge in [0.2, 0.25) is 0 Å². The minimum atomic E-state index is -0.0441. The van der Waals surface area contributed by atoms with Crippen LogP contribution in [0.1, 0.15) is 38.4 Å². The summed E-state index contributed by atoms with van der Waals surface area (Å²) in [6.07, 6.45) is 2.56. The normalized spacial score (nSPS) is 14.5. The Morgan fingerprint density at radius 2 is 2.33 bits per heavy atom. The molecule has 1 heterocycles. The molecule has 0 fully saturated rings. The third kappa shape index (κ3) is 2.37. The number of nitrogens with zero attached hydrogens (tertiary/aromatic N) is 2. The molecule has 1 atom stereocenters. The lowest BCUT2D eigenvalue weighted by Crippen LogP contribution is -2.36. The van der Waals surface area contributed by atoms with Crippen molar-refractivity contribution < 1.29 is 0 Å². The second kappa shape index (κ2) is 4.94. The predicted molar refractivity (Wildman–Crippen MR) is 59.5 cm³/mol. The SMILES string of the molecule is CCNCC(C)(CC)c1[nH]ncc1C#N. The Morgan fingerprint density at radius 1 is 1.60 bits per heavy atom. The van der Waals surface area contributed by atoms with E-state index in [1.807, 2.05) is 0 Å². The Bertz CT molecular complexity index is 350. The van der Waals surface area contributed by atoms with Crippen molar-refractivity contribution in [3.05, 3.63) is 17.5 Å². The molecule has 0 bridgehead atoms. The zero-order valence-electron chi connectivity index (χ0n) is 9.59. The molecule has 0 aliphatic heterocycles. The van der Waals surface area contributed by atoms with Gasteiger partial charge in [-0.3, -0.25) is 5.10 Å². The zero-order chi connectivity index (χ0) is 11.3. The van der Waals surface area contributed by atoms with Crippen LogP contribution < -0.4 is 5.32 Å². The molecule has 0 aromatic carbocycles. The van der Waals surface area contributed by atoms with Crippen molar-refractivity contribution in [1.82, 2.24) is 15.5 Å². The molecule has 2 N–H and O–H groups in total. The average Bonchev–Trinajstić information content (AvgIpc) is 2.74. The van der Waals surface area contributed by atoms with Crippen LogP contribution in [0.2, 0.25) is 0 Å². The predicted octanol–water partition coefficient (Wildman–Crippen LogP) is 1.56. The number of nitriles is 1. The third-order valence-electron chi connectivity index (χ3n) is 2.91. The van der Waals surface area contributed by atoms with E-state index in [-0.39, 0.29) is 5.41 Å². The first-order valence-corrected chi connectivity index (χ1v) is 5.32. The first kappa shape index (κ1) is 11.7. The van der Waals surface area contributed by atoms with Crippen LogP contribution in [0, 0.1) is 11.3 Å². The van der Waals surface area contributed by atoms with Crippen molar-refractivity contribution in [1.29, 1.82) is 5.26 Å². The summed E-state index contributed by atoms with van der Waals surface area (Å²) < 4.78 is 0. The molecule has 0 spiro atoms. The molecule has 4 nitrogen and oxygen atoms in total. The van der Waals surface area contributed by atoms with Gasteiger partial charge in [-0.15, -0.1) is 0 Å². The lowest BCUT2D eigenvalue weighted by atomic mass is 9.82. The lowest BCUT2D eigenvalue weighted by Gasteiger charge is -2.27. The van der Waals surface area contributed by atoms with Crippen LogP contribution in [0.3, 0.4) is 0 Å². The fourth-order valence-corrected chi connectivity index (χ4v) is 1.62. The van der Waals surface area contributed by atoms with E-state index in [2.05, 4.69) is 42.4 Å². The van der Waals surface area contributed by atoms with Crippen LogP contribution in [0.4, 0.5) is 0 Å². The standard InChI is InChI=1S/C11H18N4/c1-4-11(3,8-13-5-2)10-9(6-12)7-14-15-10/h7,13H,4-5,8H2,1-3H3,(H,14,15). The van der Waals surface area contributed by atoms with Crippen molar-refractivity contribution >= 4 is 0 Å². The minimum absolute atomic E-state index is 0.0441. The Labute approximate surface area is 90.7 Å². The van der Waals surface area contributed by atoms with Gasteiger partial charge in [0.25, 0.3) is 0 Å². The first-order valence-electron chi connectivity index (χ1n) is 5.32. The highest BCUT2D eigenvalue weighted by molar-refractivity contribution is 5.35. The molecule has 1 aromatic rings. The molecule has 82 valence electrons. The summed E-state index contributed by atoms with van der Waals surface area (Å²) in [5.74, 6) is 0. The summed E-state index contributed by atoms with van der Waals surface area (Å²) in [6, 6.07) is 2.17. The van der Waals surface area contributed by atoms with Gasteiger partial charge < -0.3 is 5.32 Å². The average molecular weight is 206 g/mol. The zero-order valence-corrected chi connectivity index (χ0v) is 9.59. The summed E-state index contributed by atoms with van der Waals surface area (Å²) in [5.41, 5.74) is 1.54. The van der Waals surface area contributed by atoms with Crippen molar-refractivity contribution in [3.63, 3.8) is 0 Å². The number of hydrogen-bond donors (Lipinski definition) is 2. The van der Waals surface area contributed by atoms with E-state index in [0.717, 1.165) is 25.2 Å². The fourth-order valence-electron chi connectivity index (χ4n) is 1.62. The number of aromatic amines is 1. The third-order valence-corrected chi connectivity index (χ3v) is 2.91. The van der Waals surface area contributed by atoms with E-state index in [9.17, 15) is 0 Å². The quantitative estimate of drug-likeness (QED) is 0.768. The number of H-pyrrole nitrogens is 1. The Morgan fingerprint density at radius 3 is 2.87 bits per heavy atom. The lowest BCUT2D eigenvalue weighted by molar-refractivity contribution is 0.410. The monoisotopic (exact) mass is 206 g/mol. The topological polar surface area (TPSA) is 64.5 Å². The maximum absolute atomic E-state index is 8.96. The number of aromatic nitrogens is 2. The molecule has 0 saturated heterocycles. The smallest absolute Gasteiger partial charge is 0.103 e. The van der Waals surface area contributed by atoms with Gasteiger partial charge in [0.05, 0.1) is 17.5 Å². The molecule has 1 rings (SSSR count). The molecule has 1 unspecified atom stereocenters. The molecule has 4 heteroatoms. The molecule has 0 radical (unpaired) electrons. The summed E-state index contributed by atoms with van der Waals surface area (Å²) in [5, 5.41) is 19.2. The van der Waals surface area contributed by atoms with E-state index in [0.29, 0.717) is 5.56 Å². The fraction of sp³-hybridized carbons (Fsp3) is 0.636. The maximum Gasteiger partial charge on any atom is 0.103 e. The summed E-state index contributed by atoms with van der Waals surface area (Å²) in [4.78, 5) is 0. The van der Waals surface area contributed by atoms with Gasteiger partial charge in [0, 0.05) is 12.0 Å². The Balaban J connectivity index is 2.95. The second-order valence-corrected chi connectivity index (χ2v) is 3.97. The van der Waals surface area contributed by atoms with Crippen LogP contribution >= 0.6 is 0 Å². The van der Waals surface area contributed by atoms with Crippen LogP contribution in [0.5, 0.6) is 0 Å². The number of rotatable bonds is 5. The number of hydrogen-bond acceptors (Lipinski definition) is 3. The molecule has 1 aromatic heterocycles.